The lowest BCUT2D eigenvalue weighted by Crippen LogP contribution is -2.30. The predicted molar refractivity (Wildman–Crippen MR) is 77.0 cm³/mol. The SMILES string of the molecule is O=C(NCC(CO)c1ccc(F)cc1)c1ncoc1C1CC1. The van der Waals surface area contributed by atoms with Gasteiger partial charge in [-0.1, -0.05) is 12.1 Å². The molecule has 1 saturated carbocycles. The number of carbonyl (C=O) groups excluding carboxylic acids is 1. The Morgan fingerprint density at radius 3 is 2.77 bits per heavy atom. The summed E-state index contributed by atoms with van der Waals surface area (Å²) in [6.45, 7) is 0.109. The van der Waals surface area contributed by atoms with E-state index in [4.69, 9.17) is 4.42 Å². The standard InChI is InChI=1S/C16H17FN2O3/c17-13-5-3-10(4-6-13)12(8-20)7-18-16(21)14-15(11-1-2-11)22-9-19-14/h3-6,9,11-12,20H,1-2,7-8H2,(H,18,21). The summed E-state index contributed by atoms with van der Waals surface area (Å²) in [7, 11) is 0. The van der Waals surface area contributed by atoms with Gasteiger partial charge in [-0.3, -0.25) is 4.79 Å². The first-order valence-corrected chi connectivity index (χ1v) is 7.27. The van der Waals surface area contributed by atoms with Crippen molar-refractivity contribution in [3.05, 3.63) is 53.5 Å². The van der Waals surface area contributed by atoms with Crippen LogP contribution in [0.2, 0.25) is 0 Å². The summed E-state index contributed by atoms with van der Waals surface area (Å²) >= 11 is 0. The van der Waals surface area contributed by atoms with Crippen LogP contribution in [-0.4, -0.2) is 29.1 Å². The van der Waals surface area contributed by atoms with E-state index in [0.29, 0.717) is 17.4 Å². The number of aliphatic hydroxyl groups excluding tert-OH is 1. The van der Waals surface area contributed by atoms with Crippen LogP contribution in [0.25, 0.3) is 0 Å². The highest BCUT2D eigenvalue weighted by Gasteiger charge is 2.32. The highest BCUT2D eigenvalue weighted by Crippen LogP contribution is 2.41. The van der Waals surface area contributed by atoms with Crippen LogP contribution >= 0.6 is 0 Å². The predicted octanol–water partition coefficient (Wildman–Crippen LogP) is 2.20. The number of hydrogen-bond donors (Lipinski definition) is 2. The van der Waals surface area contributed by atoms with Gasteiger partial charge >= 0.3 is 0 Å². The molecule has 2 aromatic rings. The van der Waals surface area contributed by atoms with Crippen LogP contribution in [0.5, 0.6) is 0 Å². The minimum absolute atomic E-state index is 0.139. The van der Waals surface area contributed by atoms with Crippen molar-refractivity contribution in [2.45, 2.75) is 24.7 Å². The van der Waals surface area contributed by atoms with Crippen LogP contribution < -0.4 is 5.32 Å². The minimum atomic E-state index is -0.332. The third kappa shape index (κ3) is 3.17. The van der Waals surface area contributed by atoms with Crippen molar-refractivity contribution in [2.24, 2.45) is 0 Å². The van der Waals surface area contributed by atoms with Gasteiger partial charge in [0.25, 0.3) is 5.91 Å². The van der Waals surface area contributed by atoms with Crippen molar-refractivity contribution in [3.63, 3.8) is 0 Å². The zero-order chi connectivity index (χ0) is 15.5. The lowest BCUT2D eigenvalue weighted by Gasteiger charge is -2.15. The molecule has 0 bridgehead atoms. The van der Waals surface area contributed by atoms with Crippen molar-refractivity contribution < 1.29 is 18.7 Å². The molecule has 1 heterocycles. The molecule has 2 N–H and O–H groups in total. The van der Waals surface area contributed by atoms with E-state index in [1.165, 1.54) is 18.5 Å². The molecule has 0 radical (unpaired) electrons. The topological polar surface area (TPSA) is 75.4 Å². The van der Waals surface area contributed by atoms with Crippen LogP contribution in [0.1, 0.15) is 46.5 Å². The Bertz CT molecular complexity index is 650. The fourth-order valence-electron chi connectivity index (χ4n) is 2.38. The second-order valence-electron chi connectivity index (χ2n) is 5.48. The fraction of sp³-hybridized carbons (Fsp3) is 0.375. The van der Waals surface area contributed by atoms with Crippen LogP contribution in [0, 0.1) is 5.82 Å². The Hall–Kier alpha value is -2.21. The maximum absolute atomic E-state index is 12.9. The third-order valence-corrected chi connectivity index (χ3v) is 3.83. The maximum atomic E-state index is 12.9. The Morgan fingerprint density at radius 2 is 2.14 bits per heavy atom. The smallest absolute Gasteiger partial charge is 0.273 e. The fourth-order valence-corrected chi connectivity index (χ4v) is 2.38. The second kappa shape index (κ2) is 6.27. The first kappa shape index (κ1) is 14.7. The Balaban J connectivity index is 1.63. The quantitative estimate of drug-likeness (QED) is 0.858. The van der Waals surface area contributed by atoms with E-state index in [1.807, 2.05) is 0 Å². The van der Waals surface area contributed by atoms with Crippen molar-refractivity contribution in [1.29, 1.82) is 0 Å². The molecule has 116 valence electrons. The number of halogens is 1. The van der Waals surface area contributed by atoms with Gasteiger partial charge in [0.2, 0.25) is 0 Å². The number of nitrogens with one attached hydrogen (secondary N) is 1. The molecule has 1 aromatic heterocycles. The van der Waals surface area contributed by atoms with Gasteiger partial charge in [-0.15, -0.1) is 0 Å². The van der Waals surface area contributed by atoms with E-state index < -0.39 is 0 Å². The molecule has 1 aliphatic carbocycles. The molecule has 1 amide bonds. The van der Waals surface area contributed by atoms with E-state index in [2.05, 4.69) is 10.3 Å². The summed E-state index contributed by atoms with van der Waals surface area (Å²) in [5.74, 6) is 0.00648. The van der Waals surface area contributed by atoms with Crippen LogP contribution in [-0.2, 0) is 0 Å². The van der Waals surface area contributed by atoms with Gasteiger partial charge in [-0.05, 0) is 30.5 Å². The molecule has 0 saturated heterocycles. The van der Waals surface area contributed by atoms with Crippen molar-refractivity contribution in [2.75, 3.05) is 13.2 Å². The number of nitrogens with zero attached hydrogens (tertiary/aromatic N) is 1. The summed E-state index contributed by atoms with van der Waals surface area (Å²) in [6.07, 6.45) is 3.32. The van der Waals surface area contributed by atoms with Gasteiger partial charge in [0.1, 0.15) is 11.6 Å². The van der Waals surface area contributed by atoms with Crippen molar-refractivity contribution in [1.82, 2.24) is 10.3 Å². The van der Waals surface area contributed by atoms with Crippen molar-refractivity contribution >= 4 is 5.91 Å². The van der Waals surface area contributed by atoms with E-state index in [1.54, 1.807) is 12.1 Å². The van der Waals surface area contributed by atoms with Crippen LogP contribution in [0.3, 0.4) is 0 Å². The molecule has 22 heavy (non-hydrogen) atoms. The lowest BCUT2D eigenvalue weighted by atomic mass is 10.00. The molecule has 3 rings (SSSR count). The lowest BCUT2D eigenvalue weighted by molar-refractivity contribution is 0.0941. The average Bonchev–Trinajstić information content (AvgIpc) is 3.26. The van der Waals surface area contributed by atoms with Crippen LogP contribution in [0.4, 0.5) is 4.39 Å². The summed E-state index contributed by atoms with van der Waals surface area (Å²) in [5, 5.41) is 12.2. The normalized spacial score (nSPS) is 15.5. The number of aromatic nitrogens is 1. The van der Waals surface area contributed by atoms with Crippen molar-refractivity contribution in [3.8, 4) is 0 Å². The molecular weight excluding hydrogens is 287 g/mol. The molecule has 0 aliphatic heterocycles. The number of rotatable bonds is 6. The first-order chi connectivity index (χ1) is 10.7. The summed E-state index contributed by atoms with van der Waals surface area (Å²) < 4.78 is 18.2. The Labute approximate surface area is 127 Å². The summed E-state index contributed by atoms with van der Waals surface area (Å²) in [4.78, 5) is 16.2. The zero-order valence-electron chi connectivity index (χ0n) is 12.0. The Kier molecular flexibility index (Phi) is 4.20. The van der Waals surface area contributed by atoms with Gasteiger partial charge < -0.3 is 14.8 Å². The highest BCUT2D eigenvalue weighted by atomic mass is 19.1. The molecular formula is C16H17FN2O3. The number of benzene rings is 1. The minimum Gasteiger partial charge on any atom is -0.447 e. The molecule has 0 spiro atoms. The molecule has 5 nitrogen and oxygen atoms in total. The number of carbonyl (C=O) groups is 1. The highest BCUT2D eigenvalue weighted by molar-refractivity contribution is 5.93. The number of oxazole rings is 1. The summed E-state index contributed by atoms with van der Waals surface area (Å²) in [6, 6.07) is 5.88. The van der Waals surface area contributed by atoms with Gasteiger partial charge in [0.15, 0.2) is 12.1 Å². The zero-order valence-corrected chi connectivity index (χ0v) is 12.0. The molecule has 1 atom stereocenters. The monoisotopic (exact) mass is 304 g/mol. The van der Waals surface area contributed by atoms with E-state index >= 15 is 0 Å². The second-order valence-corrected chi connectivity index (χ2v) is 5.48. The largest absolute Gasteiger partial charge is 0.447 e. The molecule has 1 aromatic carbocycles. The molecule has 1 aliphatic rings. The maximum Gasteiger partial charge on any atom is 0.273 e. The average molecular weight is 304 g/mol. The molecule has 1 fully saturated rings. The number of hydrogen-bond acceptors (Lipinski definition) is 4. The van der Waals surface area contributed by atoms with Gasteiger partial charge in [-0.2, -0.15) is 0 Å². The van der Waals surface area contributed by atoms with Gasteiger partial charge in [-0.25, -0.2) is 9.37 Å². The third-order valence-electron chi connectivity index (χ3n) is 3.83. The number of amides is 1. The van der Waals surface area contributed by atoms with E-state index in [-0.39, 0.29) is 30.8 Å². The Morgan fingerprint density at radius 1 is 1.41 bits per heavy atom. The summed E-state index contributed by atoms with van der Waals surface area (Å²) in [5.41, 5.74) is 1.09. The van der Waals surface area contributed by atoms with Gasteiger partial charge in [0, 0.05) is 18.4 Å². The van der Waals surface area contributed by atoms with Crippen LogP contribution in [0.15, 0.2) is 35.1 Å². The number of aliphatic hydroxyl groups is 1. The van der Waals surface area contributed by atoms with E-state index in [9.17, 15) is 14.3 Å². The molecule has 1 unspecified atom stereocenters. The molecule has 6 heteroatoms. The van der Waals surface area contributed by atoms with E-state index in [0.717, 1.165) is 18.4 Å². The first-order valence-electron chi connectivity index (χ1n) is 7.27. The van der Waals surface area contributed by atoms with Gasteiger partial charge in [0.05, 0.1) is 6.61 Å².